The summed E-state index contributed by atoms with van der Waals surface area (Å²) in [5.74, 6) is -0.979. The number of methoxy groups -OCH3 is 1. The predicted molar refractivity (Wildman–Crippen MR) is 63.3 cm³/mol. The van der Waals surface area contributed by atoms with Crippen LogP contribution in [0.1, 0.15) is 31.4 Å². The standard InChI is InChI=1S/C13H15F3O3/c1-12(2,7-11(17)18)9-5-4-8(13(14,15)16)6-10(9)19-3/h4-6H,7H2,1-3H3,(H,17,18). The molecule has 0 heterocycles. The van der Waals surface area contributed by atoms with Crippen LogP contribution in [0.15, 0.2) is 18.2 Å². The molecule has 3 nitrogen and oxygen atoms in total. The highest BCUT2D eigenvalue weighted by Crippen LogP contribution is 2.38. The minimum atomic E-state index is -4.46. The molecular weight excluding hydrogens is 261 g/mol. The molecule has 0 saturated heterocycles. The number of halogens is 3. The normalized spacial score (nSPS) is 12.3. The molecule has 0 atom stereocenters. The number of hydrogen-bond donors (Lipinski definition) is 1. The fourth-order valence-electron chi connectivity index (χ4n) is 1.90. The molecule has 1 aromatic rings. The number of rotatable bonds is 4. The van der Waals surface area contributed by atoms with Crippen LogP contribution >= 0.6 is 0 Å². The number of benzene rings is 1. The molecule has 0 radical (unpaired) electrons. The maximum absolute atomic E-state index is 12.6. The average molecular weight is 276 g/mol. The maximum atomic E-state index is 12.6. The lowest BCUT2D eigenvalue weighted by Crippen LogP contribution is -2.23. The first-order chi connectivity index (χ1) is 8.58. The first-order valence-corrected chi connectivity index (χ1v) is 5.55. The van der Waals surface area contributed by atoms with Gasteiger partial charge >= 0.3 is 12.1 Å². The van der Waals surface area contributed by atoms with Gasteiger partial charge in [-0.05, 0) is 12.1 Å². The highest BCUT2D eigenvalue weighted by atomic mass is 19.4. The van der Waals surface area contributed by atoms with Gasteiger partial charge in [0.25, 0.3) is 0 Å². The quantitative estimate of drug-likeness (QED) is 0.916. The lowest BCUT2D eigenvalue weighted by atomic mass is 9.80. The summed E-state index contributed by atoms with van der Waals surface area (Å²) in [5, 5.41) is 8.84. The topological polar surface area (TPSA) is 46.5 Å². The van der Waals surface area contributed by atoms with Crippen LogP contribution in [-0.2, 0) is 16.4 Å². The molecule has 6 heteroatoms. The van der Waals surface area contributed by atoms with Crippen molar-refractivity contribution in [3.05, 3.63) is 29.3 Å². The van der Waals surface area contributed by atoms with E-state index in [1.807, 2.05) is 0 Å². The van der Waals surface area contributed by atoms with Crippen LogP contribution in [0.5, 0.6) is 5.75 Å². The van der Waals surface area contributed by atoms with Crippen molar-refractivity contribution in [1.29, 1.82) is 0 Å². The molecule has 0 saturated carbocycles. The Labute approximate surface area is 109 Å². The SMILES string of the molecule is COc1cc(C(F)(F)F)ccc1C(C)(C)CC(=O)O. The van der Waals surface area contributed by atoms with Crippen LogP contribution in [0.4, 0.5) is 13.2 Å². The van der Waals surface area contributed by atoms with Gasteiger partial charge in [0.2, 0.25) is 0 Å². The highest BCUT2D eigenvalue weighted by Gasteiger charge is 2.33. The summed E-state index contributed by atoms with van der Waals surface area (Å²) in [4.78, 5) is 10.8. The van der Waals surface area contributed by atoms with E-state index in [4.69, 9.17) is 9.84 Å². The van der Waals surface area contributed by atoms with Crippen LogP contribution < -0.4 is 4.74 Å². The molecule has 0 aromatic heterocycles. The van der Waals surface area contributed by atoms with Gasteiger partial charge in [-0.1, -0.05) is 19.9 Å². The second-order valence-corrected chi connectivity index (χ2v) is 4.87. The third-order valence-electron chi connectivity index (χ3n) is 2.85. The zero-order valence-corrected chi connectivity index (χ0v) is 10.8. The van der Waals surface area contributed by atoms with Gasteiger partial charge in [-0.2, -0.15) is 13.2 Å². The number of aliphatic carboxylic acids is 1. The van der Waals surface area contributed by atoms with E-state index in [-0.39, 0.29) is 12.2 Å². The third-order valence-corrected chi connectivity index (χ3v) is 2.85. The van der Waals surface area contributed by atoms with E-state index >= 15 is 0 Å². The van der Waals surface area contributed by atoms with E-state index in [0.717, 1.165) is 12.1 Å². The minimum absolute atomic E-state index is 0.0427. The van der Waals surface area contributed by atoms with E-state index in [1.165, 1.54) is 13.2 Å². The molecule has 0 aliphatic carbocycles. The van der Waals surface area contributed by atoms with Crippen LogP contribution in [0.3, 0.4) is 0 Å². The van der Waals surface area contributed by atoms with Crippen molar-refractivity contribution in [2.24, 2.45) is 0 Å². The van der Waals surface area contributed by atoms with Gasteiger partial charge in [-0.15, -0.1) is 0 Å². The molecule has 0 bridgehead atoms. The van der Waals surface area contributed by atoms with Crippen LogP contribution in [0.2, 0.25) is 0 Å². The molecule has 19 heavy (non-hydrogen) atoms. The largest absolute Gasteiger partial charge is 0.496 e. The summed E-state index contributed by atoms with van der Waals surface area (Å²) in [7, 11) is 1.26. The third kappa shape index (κ3) is 3.62. The molecule has 0 aliphatic rings. The fraction of sp³-hybridized carbons (Fsp3) is 0.462. The summed E-state index contributed by atoms with van der Waals surface area (Å²) in [6.45, 7) is 3.29. The zero-order chi connectivity index (χ0) is 14.8. The van der Waals surface area contributed by atoms with Gasteiger partial charge < -0.3 is 9.84 Å². The van der Waals surface area contributed by atoms with Crippen LogP contribution in [0.25, 0.3) is 0 Å². The van der Waals surface area contributed by atoms with Crippen molar-refractivity contribution >= 4 is 5.97 Å². The molecular formula is C13H15F3O3. The zero-order valence-electron chi connectivity index (χ0n) is 10.8. The maximum Gasteiger partial charge on any atom is 0.416 e. The van der Waals surface area contributed by atoms with Crippen molar-refractivity contribution in [2.75, 3.05) is 7.11 Å². The monoisotopic (exact) mass is 276 g/mol. The van der Waals surface area contributed by atoms with Crippen molar-refractivity contribution in [3.63, 3.8) is 0 Å². The van der Waals surface area contributed by atoms with E-state index in [0.29, 0.717) is 5.56 Å². The van der Waals surface area contributed by atoms with Gasteiger partial charge in [0.15, 0.2) is 0 Å². The van der Waals surface area contributed by atoms with Gasteiger partial charge in [-0.3, -0.25) is 4.79 Å². The molecule has 1 N–H and O–H groups in total. The Morgan fingerprint density at radius 3 is 2.32 bits per heavy atom. The van der Waals surface area contributed by atoms with Crippen LogP contribution in [-0.4, -0.2) is 18.2 Å². The summed E-state index contributed by atoms with van der Waals surface area (Å²) < 4.78 is 42.7. The van der Waals surface area contributed by atoms with Gasteiger partial charge in [0.1, 0.15) is 5.75 Å². The summed E-state index contributed by atoms with van der Waals surface area (Å²) in [6, 6.07) is 3.09. The highest BCUT2D eigenvalue weighted by molar-refractivity contribution is 5.69. The molecule has 0 aliphatic heterocycles. The Kier molecular flexibility index (Phi) is 4.12. The number of carbonyl (C=O) groups is 1. The first kappa shape index (κ1) is 15.3. The Morgan fingerprint density at radius 1 is 1.32 bits per heavy atom. The molecule has 0 fully saturated rings. The average Bonchev–Trinajstić information content (AvgIpc) is 2.25. The fourth-order valence-corrected chi connectivity index (χ4v) is 1.90. The molecule has 0 unspecified atom stereocenters. The molecule has 0 spiro atoms. The Bertz CT molecular complexity index is 479. The Hall–Kier alpha value is -1.72. The smallest absolute Gasteiger partial charge is 0.416 e. The van der Waals surface area contributed by atoms with Crippen molar-refractivity contribution in [2.45, 2.75) is 31.9 Å². The summed E-state index contributed by atoms with van der Waals surface area (Å²) in [6.07, 6.45) is -4.66. The Morgan fingerprint density at radius 2 is 1.89 bits per heavy atom. The van der Waals surface area contributed by atoms with E-state index < -0.39 is 23.1 Å². The van der Waals surface area contributed by atoms with Gasteiger partial charge in [-0.25, -0.2) is 0 Å². The number of carboxylic acid groups (broad SMARTS) is 1. The number of alkyl halides is 3. The molecule has 1 aromatic carbocycles. The number of carboxylic acids is 1. The summed E-state index contributed by atoms with van der Waals surface area (Å²) in [5.41, 5.74) is -1.20. The molecule has 106 valence electrons. The van der Waals surface area contributed by atoms with Crippen molar-refractivity contribution < 1.29 is 27.8 Å². The molecule has 1 rings (SSSR count). The van der Waals surface area contributed by atoms with E-state index in [1.54, 1.807) is 13.8 Å². The summed E-state index contributed by atoms with van der Waals surface area (Å²) >= 11 is 0. The second kappa shape index (κ2) is 5.11. The number of hydrogen-bond acceptors (Lipinski definition) is 2. The Balaban J connectivity index is 3.26. The van der Waals surface area contributed by atoms with E-state index in [9.17, 15) is 18.0 Å². The molecule has 0 amide bonds. The van der Waals surface area contributed by atoms with Gasteiger partial charge in [0, 0.05) is 11.0 Å². The van der Waals surface area contributed by atoms with E-state index in [2.05, 4.69) is 0 Å². The predicted octanol–water partition coefficient (Wildman–Crippen LogP) is 3.47. The number of ether oxygens (including phenoxy) is 1. The first-order valence-electron chi connectivity index (χ1n) is 5.55. The van der Waals surface area contributed by atoms with Gasteiger partial charge in [0.05, 0.1) is 19.1 Å². The van der Waals surface area contributed by atoms with Crippen LogP contribution in [0, 0.1) is 0 Å². The lowest BCUT2D eigenvalue weighted by Gasteiger charge is -2.26. The van der Waals surface area contributed by atoms with Crippen molar-refractivity contribution in [1.82, 2.24) is 0 Å². The second-order valence-electron chi connectivity index (χ2n) is 4.87. The lowest BCUT2D eigenvalue weighted by molar-refractivity contribution is -0.139. The van der Waals surface area contributed by atoms with Crippen molar-refractivity contribution in [3.8, 4) is 5.75 Å². The minimum Gasteiger partial charge on any atom is -0.496 e.